The maximum Gasteiger partial charge on any atom is 0.377 e. The molecule has 1 aliphatic carbocycles. The maximum atomic E-state index is 14.7. The van der Waals surface area contributed by atoms with E-state index in [2.05, 4.69) is 0 Å². The zero-order chi connectivity index (χ0) is 24.3. The fourth-order valence-electron chi connectivity index (χ4n) is 3.83. The number of aliphatic carboxylic acids is 1. The van der Waals surface area contributed by atoms with E-state index in [1.165, 1.54) is 21.1 Å². The molecule has 0 aromatic rings. The lowest BCUT2D eigenvalue weighted by Crippen LogP contribution is -2.73. The Morgan fingerprint density at radius 1 is 1.06 bits per heavy atom. The van der Waals surface area contributed by atoms with Gasteiger partial charge in [-0.15, -0.1) is 0 Å². The molecule has 1 unspecified atom stereocenters. The Balaban J connectivity index is 2.54. The number of carboxylic acids is 1. The van der Waals surface area contributed by atoms with Gasteiger partial charge in [0, 0.05) is 27.1 Å². The third-order valence-corrected chi connectivity index (χ3v) is 11.8. The standard InChI is InChI=1S/C20H36F2O8Si/c1-16(2,3)31(8,9)30-13-11-19(25,20(21,22)15(23)24)10-12-14(13)29-18(5,27-7)17(4,26-6)28-12/h12-14,25H,10-11H2,1-9H3,(H,23,24)/t12-,13-,14?,17+,18+,19-/m1/s1. The number of hydrogen-bond acceptors (Lipinski definition) is 7. The number of halogens is 2. The number of alkyl halides is 2. The van der Waals surface area contributed by atoms with Crippen LogP contribution in [0.25, 0.3) is 0 Å². The van der Waals surface area contributed by atoms with Gasteiger partial charge in [0.05, 0.1) is 12.2 Å². The molecule has 6 atom stereocenters. The van der Waals surface area contributed by atoms with Crippen molar-refractivity contribution < 1.29 is 47.2 Å². The molecular weight excluding hydrogens is 434 g/mol. The van der Waals surface area contributed by atoms with Crippen LogP contribution in [-0.2, 0) is 28.2 Å². The Morgan fingerprint density at radius 2 is 1.55 bits per heavy atom. The molecular formula is C20H36F2O8Si. The lowest BCUT2D eigenvalue weighted by Gasteiger charge is -2.58. The molecule has 2 fully saturated rings. The van der Waals surface area contributed by atoms with E-state index in [9.17, 15) is 18.7 Å². The topological polar surface area (TPSA) is 104 Å². The second-order valence-corrected chi connectivity index (χ2v) is 15.0. The summed E-state index contributed by atoms with van der Waals surface area (Å²) in [5.74, 6) is -9.72. The van der Waals surface area contributed by atoms with Crippen LogP contribution in [-0.4, -0.2) is 80.1 Å². The lowest BCUT2D eigenvalue weighted by molar-refractivity contribution is -0.462. The molecule has 1 saturated heterocycles. The number of fused-ring (bicyclic) bond motifs is 1. The summed E-state index contributed by atoms with van der Waals surface area (Å²) in [5, 5.41) is 19.8. The highest BCUT2D eigenvalue weighted by molar-refractivity contribution is 6.74. The van der Waals surface area contributed by atoms with E-state index in [1.807, 2.05) is 33.9 Å². The lowest BCUT2D eigenvalue weighted by atomic mass is 9.75. The summed E-state index contributed by atoms with van der Waals surface area (Å²) in [6.07, 6.45) is -4.36. The first kappa shape index (κ1) is 26.6. The van der Waals surface area contributed by atoms with E-state index >= 15 is 0 Å². The maximum absolute atomic E-state index is 14.7. The number of rotatable bonds is 6. The van der Waals surface area contributed by atoms with Gasteiger partial charge < -0.3 is 33.6 Å². The average molecular weight is 471 g/mol. The van der Waals surface area contributed by atoms with Crippen LogP contribution in [0.15, 0.2) is 0 Å². The van der Waals surface area contributed by atoms with E-state index < -0.39 is 68.5 Å². The molecule has 8 nitrogen and oxygen atoms in total. The van der Waals surface area contributed by atoms with Gasteiger partial charge in [0.15, 0.2) is 8.32 Å². The summed E-state index contributed by atoms with van der Waals surface area (Å²) >= 11 is 0. The summed E-state index contributed by atoms with van der Waals surface area (Å²) in [5.41, 5.74) is -2.90. The van der Waals surface area contributed by atoms with Gasteiger partial charge in [-0.2, -0.15) is 8.78 Å². The number of carboxylic acid groups (broad SMARTS) is 1. The first-order chi connectivity index (χ1) is 13.8. The summed E-state index contributed by atoms with van der Waals surface area (Å²) in [4.78, 5) is 11.3. The molecule has 182 valence electrons. The van der Waals surface area contributed by atoms with Gasteiger partial charge in [-0.25, -0.2) is 4.79 Å². The fraction of sp³-hybridized carbons (Fsp3) is 0.950. The normalized spacial score (nSPS) is 39.8. The Kier molecular flexibility index (Phi) is 6.82. The number of aliphatic hydroxyl groups is 1. The zero-order valence-corrected chi connectivity index (χ0v) is 20.7. The highest BCUT2D eigenvalue weighted by Gasteiger charge is 2.68. The van der Waals surface area contributed by atoms with Gasteiger partial charge in [0.2, 0.25) is 11.6 Å². The fourth-order valence-corrected chi connectivity index (χ4v) is 5.16. The van der Waals surface area contributed by atoms with Crippen molar-refractivity contribution in [3.05, 3.63) is 0 Å². The highest BCUT2D eigenvalue weighted by atomic mass is 28.4. The molecule has 31 heavy (non-hydrogen) atoms. The predicted octanol–water partition coefficient (Wildman–Crippen LogP) is 3.13. The molecule has 1 heterocycles. The van der Waals surface area contributed by atoms with Crippen molar-refractivity contribution >= 4 is 14.3 Å². The second kappa shape index (κ2) is 7.96. The van der Waals surface area contributed by atoms with Crippen LogP contribution in [0.2, 0.25) is 18.1 Å². The quantitative estimate of drug-likeness (QED) is 0.571. The van der Waals surface area contributed by atoms with E-state index in [0.717, 1.165) is 0 Å². The van der Waals surface area contributed by atoms with Crippen LogP contribution in [0.1, 0.15) is 47.5 Å². The van der Waals surface area contributed by atoms with Crippen molar-refractivity contribution in [1.82, 2.24) is 0 Å². The van der Waals surface area contributed by atoms with E-state index in [4.69, 9.17) is 28.5 Å². The number of carbonyl (C=O) groups is 1. The minimum atomic E-state index is -4.41. The number of methoxy groups -OCH3 is 2. The molecule has 0 radical (unpaired) electrons. The minimum Gasteiger partial charge on any atom is -0.477 e. The molecule has 0 aromatic heterocycles. The Labute approximate surface area is 183 Å². The van der Waals surface area contributed by atoms with Gasteiger partial charge in [-0.1, -0.05) is 20.8 Å². The molecule has 0 bridgehead atoms. The monoisotopic (exact) mass is 470 g/mol. The van der Waals surface area contributed by atoms with Crippen LogP contribution < -0.4 is 0 Å². The third-order valence-electron chi connectivity index (χ3n) is 7.26. The molecule has 2 aliphatic rings. The van der Waals surface area contributed by atoms with Crippen LogP contribution in [0.4, 0.5) is 8.78 Å². The summed E-state index contributed by atoms with van der Waals surface area (Å²) in [6, 6.07) is 0. The third kappa shape index (κ3) is 4.30. The van der Waals surface area contributed by atoms with Gasteiger partial charge in [-0.3, -0.25) is 0 Å². The van der Waals surface area contributed by atoms with Gasteiger partial charge in [0.25, 0.3) is 0 Å². The Bertz CT molecular complexity index is 699. The van der Waals surface area contributed by atoms with Gasteiger partial charge in [0.1, 0.15) is 11.7 Å². The van der Waals surface area contributed by atoms with Crippen LogP contribution in [0.5, 0.6) is 0 Å². The van der Waals surface area contributed by atoms with E-state index in [-0.39, 0.29) is 5.04 Å². The summed E-state index contributed by atoms with van der Waals surface area (Å²) in [7, 11) is 0.229. The minimum absolute atomic E-state index is 0.269. The number of ether oxygens (including phenoxy) is 4. The highest BCUT2D eigenvalue weighted by Crippen LogP contribution is 2.51. The average Bonchev–Trinajstić information content (AvgIpc) is 2.61. The van der Waals surface area contributed by atoms with Crippen LogP contribution in [0.3, 0.4) is 0 Å². The zero-order valence-electron chi connectivity index (χ0n) is 19.7. The Morgan fingerprint density at radius 3 is 1.97 bits per heavy atom. The van der Waals surface area contributed by atoms with Crippen LogP contribution in [0, 0.1) is 0 Å². The van der Waals surface area contributed by atoms with Crippen molar-refractivity contribution in [2.75, 3.05) is 14.2 Å². The molecule has 0 spiro atoms. The molecule has 2 N–H and O–H groups in total. The first-order valence-electron chi connectivity index (χ1n) is 10.3. The van der Waals surface area contributed by atoms with Crippen molar-refractivity contribution in [2.45, 2.75) is 107 Å². The predicted molar refractivity (Wildman–Crippen MR) is 109 cm³/mol. The Hall–Kier alpha value is -0.693. The SMILES string of the molecule is CO[C@@]1(C)OC2[C@@H](C[C@](O)(C(F)(F)C(=O)O)C[C@H]2O[Si](C)(C)C(C)(C)C)O[C@]1(C)OC. The smallest absolute Gasteiger partial charge is 0.377 e. The molecule has 11 heteroatoms. The second-order valence-electron chi connectivity index (χ2n) is 10.3. The molecule has 1 saturated carbocycles. The van der Waals surface area contributed by atoms with E-state index in [0.29, 0.717) is 0 Å². The molecule has 2 rings (SSSR count). The van der Waals surface area contributed by atoms with Gasteiger partial charge >= 0.3 is 11.9 Å². The van der Waals surface area contributed by atoms with Crippen molar-refractivity contribution in [3.8, 4) is 0 Å². The summed E-state index contributed by atoms with van der Waals surface area (Å²) < 4.78 is 58.9. The molecule has 0 amide bonds. The largest absolute Gasteiger partial charge is 0.477 e. The number of hydrogen-bond donors (Lipinski definition) is 2. The van der Waals surface area contributed by atoms with Crippen molar-refractivity contribution in [1.29, 1.82) is 0 Å². The van der Waals surface area contributed by atoms with Crippen molar-refractivity contribution in [2.24, 2.45) is 0 Å². The van der Waals surface area contributed by atoms with Gasteiger partial charge in [-0.05, 0) is 32.0 Å². The van der Waals surface area contributed by atoms with Crippen LogP contribution >= 0.6 is 0 Å². The molecule has 1 aliphatic heterocycles. The summed E-state index contributed by atoms with van der Waals surface area (Å²) in [6.45, 7) is 12.9. The van der Waals surface area contributed by atoms with Crippen molar-refractivity contribution in [3.63, 3.8) is 0 Å². The molecule has 0 aromatic carbocycles. The first-order valence-corrected chi connectivity index (χ1v) is 13.2. The van der Waals surface area contributed by atoms with E-state index in [1.54, 1.807) is 6.92 Å².